The third kappa shape index (κ3) is 2.59. The molecule has 2 aromatic rings. The van der Waals surface area contributed by atoms with Gasteiger partial charge in [-0.2, -0.15) is 5.10 Å². The standard InChI is InChI=1S/C14H17N3O/c1-3-17-9-11(8-16-17)7-14(18)12-4-5-13(15)10(2)6-12/h4-6,8-9H,3,7,15H2,1-2H3. The number of anilines is 1. The average molecular weight is 243 g/mol. The molecular weight excluding hydrogens is 226 g/mol. The molecule has 0 saturated heterocycles. The molecule has 0 aliphatic carbocycles. The molecule has 18 heavy (non-hydrogen) atoms. The summed E-state index contributed by atoms with van der Waals surface area (Å²) in [7, 11) is 0. The number of aryl methyl sites for hydroxylation is 2. The van der Waals surface area contributed by atoms with Crippen LogP contribution in [0.1, 0.15) is 28.4 Å². The Hall–Kier alpha value is -2.10. The third-order valence-electron chi connectivity index (χ3n) is 2.97. The minimum atomic E-state index is 0.0914. The zero-order chi connectivity index (χ0) is 13.1. The fourth-order valence-electron chi connectivity index (χ4n) is 1.81. The molecule has 0 bridgehead atoms. The molecule has 0 saturated carbocycles. The van der Waals surface area contributed by atoms with Crippen LogP contribution in [-0.4, -0.2) is 15.6 Å². The van der Waals surface area contributed by atoms with Crippen molar-refractivity contribution in [1.82, 2.24) is 9.78 Å². The highest BCUT2D eigenvalue weighted by Crippen LogP contribution is 2.14. The molecule has 2 N–H and O–H groups in total. The maximum absolute atomic E-state index is 12.1. The first-order valence-electron chi connectivity index (χ1n) is 6.01. The minimum absolute atomic E-state index is 0.0914. The number of carbonyl (C=O) groups is 1. The predicted molar refractivity (Wildman–Crippen MR) is 71.5 cm³/mol. The van der Waals surface area contributed by atoms with Gasteiger partial charge >= 0.3 is 0 Å². The summed E-state index contributed by atoms with van der Waals surface area (Å²) in [6.45, 7) is 4.73. The van der Waals surface area contributed by atoms with Gasteiger partial charge in [-0.25, -0.2) is 0 Å². The summed E-state index contributed by atoms with van der Waals surface area (Å²) in [6.07, 6.45) is 4.02. The summed E-state index contributed by atoms with van der Waals surface area (Å²) in [5, 5.41) is 4.16. The van der Waals surface area contributed by atoms with Crippen LogP contribution in [0.25, 0.3) is 0 Å². The van der Waals surface area contributed by atoms with E-state index in [0.717, 1.165) is 17.7 Å². The number of ketones is 1. The number of nitrogens with zero attached hydrogens (tertiary/aromatic N) is 2. The van der Waals surface area contributed by atoms with E-state index in [0.29, 0.717) is 17.7 Å². The molecule has 0 aliphatic rings. The van der Waals surface area contributed by atoms with Crippen LogP contribution in [0.3, 0.4) is 0 Å². The minimum Gasteiger partial charge on any atom is -0.399 e. The molecule has 0 radical (unpaired) electrons. The van der Waals surface area contributed by atoms with Gasteiger partial charge in [0.25, 0.3) is 0 Å². The topological polar surface area (TPSA) is 60.9 Å². The van der Waals surface area contributed by atoms with Gasteiger partial charge in [0.1, 0.15) is 0 Å². The van der Waals surface area contributed by atoms with Crippen molar-refractivity contribution in [2.24, 2.45) is 0 Å². The molecule has 1 heterocycles. The van der Waals surface area contributed by atoms with Gasteiger partial charge in [0.2, 0.25) is 0 Å². The van der Waals surface area contributed by atoms with Gasteiger partial charge in [-0.3, -0.25) is 9.48 Å². The van der Waals surface area contributed by atoms with Crippen LogP contribution in [0, 0.1) is 6.92 Å². The van der Waals surface area contributed by atoms with E-state index in [9.17, 15) is 4.79 Å². The molecule has 4 nitrogen and oxygen atoms in total. The number of aromatic nitrogens is 2. The highest BCUT2D eigenvalue weighted by Gasteiger charge is 2.09. The number of nitrogens with two attached hydrogens (primary N) is 1. The molecule has 0 unspecified atom stereocenters. The van der Waals surface area contributed by atoms with E-state index in [1.807, 2.05) is 30.8 Å². The highest BCUT2D eigenvalue weighted by molar-refractivity contribution is 5.98. The second-order valence-corrected chi connectivity index (χ2v) is 4.38. The van der Waals surface area contributed by atoms with Crippen LogP contribution in [0.2, 0.25) is 0 Å². The van der Waals surface area contributed by atoms with Gasteiger partial charge < -0.3 is 5.73 Å². The average Bonchev–Trinajstić information content (AvgIpc) is 2.80. The second kappa shape index (κ2) is 5.04. The van der Waals surface area contributed by atoms with Crippen molar-refractivity contribution in [2.45, 2.75) is 26.8 Å². The molecule has 94 valence electrons. The van der Waals surface area contributed by atoms with Crippen LogP contribution in [0.5, 0.6) is 0 Å². The van der Waals surface area contributed by atoms with E-state index < -0.39 is 0 Å². The molecular formula is C14H17N3O. The SMILES string of the molecule is CCn1cc(CC(=O)c2ccc(N)c(C)c2)cn1. The second-order valence-electron chi connectivity index (χ2n) is 4.38. The lowest BCUT2D eigenvalue weighted by molar-refractivity contribution is 0.0993. The first-order chi connectivity index (χ1) is 8.60. The molecule has 0 aliphatic heterocycles. The molecule has 0 atom stereocenters. The Balaban J connectivity index is 2.14. The van der Waals surface area contributed by atoms with Crippen molar-refractivity contribution in [3.05, 3.63) is 47.3 Å². The Labute approximate surface area is 106 Å². The number of hydrogen-bond acceptors (Lipinski definition) is 3. The van der Waals surface area contributed by atoms with Crippen LogP contribution >= 0.6 is 0 Å². The van der Waals surface area contributed by atoms with Crippen molar-refractivity contribution in [2.75, 3.05) is 5.73 Å². The van der Waals surface area contributed by atoms with E-state index in [-0.39, 0.29) is 5.78 Å². The Bertz CT molecular complexity index is 572. The number of Topliss-reactive ketones (excluding diaryl/α,β-unsaturated/α-hetero) is 1. The van der Waals surface area contributed by atoms with Crippen molar-refractivity contribution < 1.29 is 4.79 Å². The summed E-state index contributed by atoms with van der Waals surface area (Å²) in [5.41, 5.74) is 9.03. The predicted octanol–water partition coefficient (Wildman–Crippen LogP) is 2.22. The van der Waals surface area contributed by atoms with Gasteiger partial charge in [0, 0.05) is 30.4 Å². The Kier molecular flexibility index (Phi) is 3.46. The number of benzene rings is 1. The van der Waals surface area contributed by atoms with E-state index in [1.165, 1.54) is 0 Å². The fourth-order valence-corrected chi connectivity index (χ4v) is 1.81. The lowest BCUT2D eigenvalue weighted by Crippen LogP contribution is -2.04. The normalized spacial score (nSPS) is 10.6. The van der Waals surface area contributed by atoms with Crippen molar-refractivity contribution in [3.63, 3.8) is 0 Å². The molecule has 0 spiro atoms. The summed E-state index contributed by atoms with van der Waals surface area (Å²) >= 11 is 0. The molecule has 1 aromatic heterocycles. The molecule has 2 rings (SSSR count). The Morgan fingerprint density at radius 2 is 2.22 bits per heavy atom. The van der Waals surface area contributed by atoms with Crippen molar-refractivity contribution in [1.29, 1.82) is 0 Å². The maximum Gasteiger partial charge on any atom is 0.167 e. The van der Waals surface area contributed by atoms with E-state index >= 15 is 0 Å². The monoisotopic (exact) mass is 243 g/mol. The number of nitrogen functional groups attached to an aromatic ring is 1. The first kappa shape index (κ1) is 12.4. The molecule has 0 fully saturated rings. The van der Waals surface area contributed by atoms with E-state index in [2.05, 4.69) is 5.10 Å². The van der Waals surface area contributed by atoms with E-state index in [4.69, 9.17) is 5.73 Å². The van der Waals surface area contributed by atoms with Gasteiger partial charge in [0.15, 0.2) is 5.78 Å². The molecule has 0 amide bonds. The van der Waals surface area contributed by atoms with Gasteiger partial charge in [0.05, 0.1) is 6.20 Å². The summed E-state index contributed by atoms with van der Waals surface area (Å²) < 4.78 is 1.82. The number of rotatable bonds is 4. The van der Waals surface area contributed by atoms with Gasteiger partial charge in [-0.15, -0.1) is 0 Å². The Morgan fingerprint density at radius 3 is 2.83 bits per heavy atom. The zero-order valence-corrected chi connectivity index (χ0v) is 10.7. The van der Waals surface area contributed by atoms with Crippen LogP contribution in [0.4, 0.5) is 5.69 Å². The number of carbonyl (C=O) groups excluding carboxylic acids is 1. The maximum atomic E-state index is 12.1. The largest absolute Gasteiger partial charge is 0.399 e. The smallest absolute Gasteiger partial charge is 0.167 e. The molecule has 4 heteroatoms. The third-order valence-corrected chi connectivity index (χ3v) is 2.97. The highest BCUT2D eigenvalue weighted by atomic mass is 16.1. The van der Waals surface area contributed by atoms with Crippen LogP contribution in [0.15, 0.2) is 30.6 Å². The van der Waals surface area contributed by atoms with Gasteiger partial charge in [-0.1, -0.05) is 0 Å². The number of hydrogen-bond donors (Lipinski definition) is 1. The summed E-state index contributed by atoms with van der Waals surface area (Å²) in [6, 6.07) is 5.38. The van der Waals surface area contributed by atoms with Crippen molar-refractivity contribution >= 4 is 11.5 Å². The lowest BCUT2D eigenvalue weighted by Gasteiger charge is -2.03. The summed E-state index contributed by atoms with van der Waals surface area (Å²) in [5.74, 6) is 0.0914. The Morgan fingerprint density at radius 1 is 1.44 bits per heavy atom. The van der Waals surface area contributed by atoms with Gasteiger partial charge in [-0.05, 0) is 43.2 Å². The van der Waals surface area contributed by atoms with Crippen LogP contribution in [-0.2, 0) is 13.0 Å². The van der Waals surface area contributed by atoms with Crippen molar-refractivity contribution in [3.8, 4) is 0 Å². The fraction of sp³-hybridized carbons (Fsp3) is 0.286. The molecule has 1 aromatic carbocycles. The van der Waals surface area contributed by atoms with E-state index in [1.54, 1.807) is 18.3 Å². The first-order valence-corrected chi connectivity index (χ1v) is 6.01. The quantitative estimate of drug-likeness (QED) is 0.661. The zero-order valence-electron chi connectivity index (χ0n) is 10.7. The van der Waals surface area contributed by atoms with Crippen LogP contribution < -0.4 is 5.73 Å². The summed E-state index contributed by atoms with van der Waals surface area (Å²) in [4.78, 5) is 12.1. The lowest BCUT2D eigenvalue weighted by atomic mass is 10.0.